The summed E-state index contributed by atoms with van der Waals surface area (Å²) in [6.45, 7) is 3.50. The zero-order chi connectivity index (χ0) is 24.2. The number of benzene rings is 2. The van der Waals surface area contributed by atoms with Crippen LogP contribution < -0.4 is 14.8 Å². The van der Waals surface area contributed by atoms with Crippen LogP contribution in [0.15, 0.2) is 47.4 Å². The van der Waals surface area contributed by atoms with Crippen LogP contribution in [-0.2, 0) is 14.8 Å². The lowest BCUT2D eigenvalue weighted by molar-refractivity contribution is -0.126. The van der Waals surface area contributed by atoms with E-state index >= 15 is 0 Å². The van der Waals surface area contributed by atoms with Gasteiger partial charge in [-0.05, 0) is 57.0 Å². The number of piperidine rings is 1. The summed E-state index contributed by atoms with van der Waals surface area (Å²) < 4.78 is 38.7. The molecule has 0 bridgehead atoms. The van der Waals surface area contributed by atoms with E-state index < -0.39 is 22.1 Å². The molecule has 1 aliphatic rings. The van der Waals surface area contributed by atoms with Crippen LogP contribution in [0.1, 0.15) is 55.1 Å². The highest BCUT2D eigenvalue weighted by Gasteiger charge is 2.38. The summed E-state index contributed by atoms with van der Waals surface area (Å²) in [5.41, 5.74) is 1.16. The molecule has 1 saturated heterocycles. The number of Topliss-reactive ketones (excluding diaryl/α,β-unsaturated/α-hetero) is 1. The maximum atomic E-state index is 13.3. The van der Waals surface area contributed by atoms with Crippen LogP contribution in [0.5, 0.6) is 11.5 Å². The molecule has 1 N–H and O–H groups in total. The van der Waals surface area contributed by atoms with Gasteiger partial charge in [-0.15, -0.1) is 0 Å². The first-order valence-corrected chi connectivity index (χ1v) is 12.3. The van der Waals surface area contributed by atoms with Crippen LogP contribution >= 0.6 is 0 Å². The molecule has 8 nitrogen and oxygen atoms in total. The molecule has 2 aromatic carbocycles. The third-order valence-corrected chi connectivity index (χ3v) is 7.81. The number of ketones is 1. The van der Waals surface area contributed by atoms with E-state index in [4.69, 9.17) is 9.47 Å². The largest absolute Gasteiger partial charge is 0.497 e. The molecule has 0 spiro atoms. The molecule has 33 heavy (non-hydrogen) atoms. The van der Waals surface area contributed by atoms with E-state index in [9.17, 15) is 18.0 Å². The third kappa shape index (κ3) is 5.36. The molecule has 1 aliphatic heterocycles. The lowest BCUT2D eigenvalue weighted by Crippen LogP contribution is -2.52. The number of rotatable bonds is 8. The zero-order valence-corrected chi connectivity index (χ0v) is 20.1. The highest BCUT2D eigenvalue weighted by atomic mass is 32.2. The summed E-state index contributed by atoms with van der Waals surface area (Å²) in [6.07, 6.45) is 1.86. The quantitative estimate of drug-likeness (QED) is 0.589. The van der Waals surface area contributed by atoms with E-state index in [1.807, 2.05) is 6.92 Å². The molecule has 9 heteroatoms. The van der Waals surface area contributed by atoms with Gasteiger partial charge in [-0.1, -0.05) is 18.6 Å². The van der Waals surface area contributed by atoms with Crippen LogP contribution in [-0.4, -0.2) is 51.2 Å². The van der Waals surface area contributed by atoms with Crippen LogP contribution in [0.2, 0.25) is 0 Å². The minimum Gasteiger partial charge on any atom is -0.497 e. The van der Waals surface area contributed by atoms with Crippen LogP contribution in [0.4, 0.5) is 0 Å². The smallest absolute Gasteiger partial charge is 0.243 e. The number of carbonyl (C=O) groups excluding carboxylic acids is 2. The lowest BCUT2D eigenvalue weighted by atomic mass is 10.0. The monoisotopic (exact) mass is 474 g/mol. The van der Waals surface area contributed by atoms with Crippen molar-refractivity contribution in [2.24, 2.45) is 0 Å². The Labute approximate surface area is 194 Å². The lowest BCUT2D eigenvalue weighted by Gasteiger charge is -2.34. The maximum absolute atomic E-state index is 13.3. The van der Waals surface area contributed by atoms with E-state index in [1.165, 1.54) is 35.5 Å². The van der Waals surface area contributed by atoms with Gasteiger partial charge >= 0.3 is 0 Å². The molecule has 0 saturated carbocycles. The second-order valence-corrected chi connectivity index (χ2v) is 9.94. The van der Waals surface area contributed by atoms with Crippen molar-refractivity contribution in [3.8, 4) is 11.5 Å². The second-order valence-electron chi connectivity index (χ2n) is 8.05. The Morgan fingerprint density at radius 2 is 1.76 bits per heavy atom. The molecule has 2 unspecified atom stereocenters. The number of ether oxygens (including phenoxy) is 2. The van der Waals surface area contributed by atoms with Crippen molar-refractivity contribution in [2.45, 2.75) is 50.1 Å². The summed E-state index contributed by atoms with van der Waals surface area (Å²) in [7, 11) is -0.800. The zero-order valence-electron chi connectivity index (χ0n) is 19.3. The summed E-state index contributed by atoms with van der Waals surface area (Å²) >= 11 is 0. The first-order valence-electron chi connectivity index (χ1n) is 10.8. The Balaban J connectivity index is 1.83. The SMILES string of the molecule is COc1ccc(OC)c(C(C)NC(=O)C2CCCCN2S(=O)(=O)c2ccc(C(C)=O)cc2)c1. The van der Waals surface area contributed by atoms with Gasteiger partial charge in [0.1, 0.15) is 17.5 Å². The number of amides is 1. The molecule has 3 rings (SSSR count). The summed E-state index contributed by atoms with van der Waals surface area (Å²) in [4.78, 5) is 24.8. The number of sulfonamides is 1. The second kappa shape index (κ2) is 10.4. The minimum absolute atomic E-state index is 0.0645. The summed E-state index contributed by atoms with van der Waals surface area (Å²) in [6, 6.07) is 9.88. The highest BCUT2D eigenvalue weighted by molar-refractivity contribution is 7.89. The van der Waals surface area contributed by atoms with E-state index in [0.29, 0.717) is 29.9 Å². The van der Waals surface area contributed by atoms with Gasteiger partial charge in [0.15, 0.2) is 5.78 Å². The van der Waals surface area contributed by atoms with E-state index in [2.05, 4.69) is 5.32 Å². The molecule has 2 atom stereocenters. The fraction of sp³-hybridized carbons (Fsp3) is 0.417. The molecule has 1 amide bonds. The predicted molar refractivity (Wildman–Crippen MR) is 124 cm³/mol. The topological polar surface area (TPSA) is 102 Å². The van der Waals surface area contributed by atoms with E-state index in [-0.39, 0.29) is 23.1 Å². The molecule has 2 aromatic rings. The van der Waals surface area contributed by atoms with Crippen molar-refractivity contribution in [3.63, 3.8) is 0 Å². The van der Waals surface area contributed by atoms with Crippen molar-refractivity contribution in [1.29, 1.82) is 0 Å². The highest BCUT2D eigenvalue weighted by Crippen LogP contribution is 2.31. The fourth-order valence-corrected chi connectivity index (χ4v) is 5.67. The standard InChI is InChI=1S/C24H30N2O6S/c1-16(21-15-19(31-3)10-13-23(21)32-4)25-24(28)22-7-5-6-14-26(22)33(29,30)20-11-8-18(9-12-20)17(2)27/h8-13,15-16,22H,5-7,14H2,1-4H3,(H,25,28). The van der Waals surface area contributed by atoms with Gasteiger partial charge < -0.3 is 14.8 Å². The molecular formula is C24H30N2O6S. The molecule has 0 radical (unpaired) electrons. The Morgan fingerprint density at radius 3 is 2.36 bits per heavy atom. The van der Waals surface area contributed by atoms with Gasteiger partial charge in [-0.3, -0.25) is 9.59 Å². The van der Waals surface area contributed by atoms with Gasteiger partial charge in [0.05, 0.1) is 25.2 Å². The molecule has 1 heterocycles. The van der Waals surface area contributed by atoms with Crippen LogP contribution in [0.3, 0.4) is 0 Å². The van der Waals surface area contributed by atoms with E-state index in [1.54, 1.807) is 32.4 Å². The van der Waals surface area contributed by atoms with E-state index in [0.717, 1.165) is 12.0 Å². The van der Waals surface area contributed by atoms with Crippen LogP contribution in [0.25, 0.3) is 0 Å². The number of nitrogens with zero attached hydrogens (tertiary/aromatic N) is 1. The predicted octanol–water partition coefficient (Wildman–Crippen LogP) is 3.33. The molecule has 0 aliphatic carbocycles. The molecular weight excluding hydrogens is 444 g/mol. The summed E-state index contributed by atoms with van der Waals surface area (Å²) in [5, 5.41) is 2.94. The van der Waals surface area contributed by atoms with Crippen molar-refractivity contribution in [3.05, 3.63) is 53.6 Å². The van der Waals surface area contributed by atoms with Crippen molar-refractivity contribution in [2.75, 3.05) is 20.8 Å². The Kier molecular flexibility index (Phi) is 7.76. The Morgan fingerprint density at radius 1 is 1.06 bits per heavy atom. The normalized spacial score (nSPS) is 17.8. The average molecular weight is 475 g/mol. The average Bonchev–Trinajstić information content (AvgIpc) is 2.83. The summed E-state index contributed by atoms with van der Waals surface area (Å²) in [5.74, 6) is 0.720. The number of carbonyl (C=O) groups is 2. The van der Waals surface area contributed by atoms with Crippen molar-refractivity contribution in [1.82, 2.24) is 9.62 Å². The number of hydrogen-bond acceptors (Lipinski definition) is 6. The first kappa shape index (κ1) is 24.7. The minimum atomic E-state index is -3.91. The number of methoxy groups -OCH3 is 2. The molecule has 0 aromatic heterocycles. The van der Waals surface area contributed by atoms with Crippen molar-refractivity contribution < 1.29 is 27.5 Å². The van der Waals surface area contributed by atoms with Gasteiger partial charge in [-0.2, -0.15) is 4.31 Å². The molecule has 178 valence electrons. The Bertz CT molecular complexity index is 1110. The maximum Gasteiger partial charge on any atom is 0.243 e. The fourth-order valence-electron chi connectivity index (χ4n) is 4.02. The van der Waals surface area contributed by atoms with Gasteiger partial charge in [0, 0.05) is 17.7 Å². The third-order valence-electron chi connectivity index (χ3n) is 5.89. The van der Waals surface area contributed by atoms with Gasteiger partial charge in [-0.25, -0.2) is 8.42 Å². The van der Waals surface area contributed by atoms with Gasteiger partial charge in [0.2, 0.25) is 15.9 Å². The van der Waals surface area contributed by atoms with Crippen molar-refractivity contribution >= 4 is 21.7 Å². The number of hydrogen-bond donors (Lipinski definition) is 1. The first-order chi connectivity index (χ1) is 15.7. The number of nitrogens with one attached hydrogen (secondary N) is 1. The van der Waals surface area contributed by atoms with Crippen LogP contribution in [0, 0.1) is 0 Å². The van der Waals surface area contributed by atoms with Gasteiger partial charge in [0.25, 0.3) is 0 Å². The molecule has 1 fully saturated rings. The Hall–Kier alpha value is -2.91.